The lowest BCUT2D eigenvalue weighted by molar-refractivity contribution is -0.116. The number of rotatable bonds is 9. The number of aromatic nitrogens is 2. The van der Waals surface area contributed by atoms with Gasteiger partial charge in [0.05, 0.1) is 12.3 Å². The standard InChI is InChI=1S/C22H30N4O2/c1-16-13-18(28-15-17-6-7-17)8-9-19(16)20-14-21(25-24-20)23-22(27)5-4-12-26-10-2-3-11-26/h8-9,13-14,17H,2-7,10-12,15H2,1H3,(H2,23,24,25,27). The lowest BCUT2D eigenvalue weighted by Gasteiger charge is -2.13. The van der Waals surface area contributed by atoms with Crippen molar-refractivity contribution in [2.75, 3.05) is 31.6 Å². The number of hydrogen-bond acceptors (Lipinski definition) is 4. The van der Waals surface area contributed by atoms with Crippen molar-refractivity contribution in [1.29, 1.82) is 0 Å². The molecule has 1 amide bonds. The summed E-state index contributed by atoms with van der Waals surface area (Å²) in [6.45, 7) is 6.24. The summed E-state index contributed by atoms with van der Waals surface area (Å²) in [5, 5.41) is 10.2. The van der Waals surface area contributed by atoms with Crippen LogP contribution in [0.1, 0.15) is 44.1 Å². The molecule has 2 fully saturated rings. The molecule has 0 unspecified atom stereocenters. The smallest absolute Gasteiger partial charge is 0.225 e. The lowest BCUT2D eigenvalue weighted by Crippen LogP contribution is -2.22. The van der Waals surface area contributed by atoms with Crippen molar-refractivity contribution in [3.05, 3.63) is 29.8 Å². The quantitative estimate of drug-likeness (QED) is 0.688. The summed E-state index contributed by atoms with van der Waals surface area (Å²) in [6, 6.07) is 7.99. The lowest BCUT2D eigenvalue weighted by atomic mass is 10.1. The van der Waals surface area contributed by atoms with Crippen molar-refractivity contribution in [1.82, 2.24) is 15.1 Å². The van der Waals surface area contributed by atoms with Crippen LogP contribution in [0.15, 0.2) is 24.3 Å². The monoisotopic (exact) mass is 382 g/mol. The van der Waals surface area contributed by atoms with E-state index in [9.17, 15) is 4.79 Å². The molecule has 0 atom stereocenters. The third-order valence-corrected chi connectivity index (χ3v) is 5.59. The van der Waals surface area contributed by atoms with Crippen LogP contribution in [0.2, 0.25) is 0 Å². The first kappa shape index (κ1) is 19.0. The zero-order chi connectivity index (χ0) is 19.3. The van der Waals surface area contributed by atoms with Crippen LogP contribution < -0.4 is 10.1 Å². The molecular weight excluding hydrogens is 352 g/mol. The van der Waals surface area contributed by atoms with Crippen LogP contribution in [0.4, 0.5) is 5.82 Å². The van der Waals surface area contributed by atoms with Crippen LogP contribution in [0.3, 0.4) is 0 Å². The highest BCUT2D eigenvalue weighted by molar-refractivity contribution is 5.90. The number of aryl methyl sites for hydroxylation is 1. The summed E-state index contributed by atoms with van der Waals surface area (Å²) >= 11 is 0. The minimum atomic E-state index is 0.0370. The maximum atomic E-state index is 12.2. The number of benzene rings is 1. The van der Waals surface area contributed by atoms with E-state index in [1.54, 1.807) is 0 Å². The fraction of sp³-hybridized carbons (Fsp3) is 0.545. The van der Waals surface area contributed by atoms with Gasteiger partial charge in [0.1, 0.15) is 11.6 Å². The molecule has 1 aliphatic heterocycles. The van der Waals surface area contributed by atoms with Crippen molar-refractivity contribution in [2.24, 2.45) is 5.92 Å². The summed E-state index contributed by atoms with van der Waals surface area (Å²) in [7, 11) is 0. The minimum Gasteiger partial charge on any atom is -0.493 e. The van der Waals surface area contributed by atoms with E-state index in [0.29, 0.717) is 12.2 Å². The first-order valence-electron chi connectivity index (χ1n) is 10.5. The number of aromatic amines is 1. The number of carbonyl (C=O) groups excluding carboxylic acids is 1. The van der Waals surface area contributed by atoms with Gasteiger partial charge in [-0.2, -0.15) is 5.10 Å². The normalized spacial score (nSPS) is 17.0. The van der Waals surface area contributed by atoms with E-state index < -0.39 is 0 Å². The van der Waals surface area contributed by atoms with Gasteiger partial charge in [-0.15, -0.1) is 0 Å². The zero-order valence-electron chi connectivity index (χ0n) is 16.7. The number of nitrogens with one attached hydrogen (secondary N) is 2. The largest absolute Gasteiger partial charge is 0.493 e. The van der Waals surface area contributed by atoms with Crippen molar-refractivity contribution in [3.63, 3.8) is 0 Å². The van der Waals surface area contributed by atoms with E-state index in [0.717, 1.165) is 48.1 Å². The zero-order valence-corrected chi connectivity index (χ0v) is 16.7. The molecule has 6 nitrogen and oxygen atoms in total. The number of anilines is 1. The van der Waals surface area contributed by atoms with Crippen LogP contribution in [0.5, 0.6) is 5.75 Å². The number of amides is 1. The van der Waals surface area contributed by atoms with Crippen LogP contribution in [-0.4, -0.2) is 47.2 Å². The molecule has 150 valence electrons. The van der Waals surface area contributed by atoms with Crippen LogP contribution >= 0.6 is 0 Å². The summed E-state index contributed by atoms with van der Waals surface area (Å²) in [6.07, 6.45) is 6.59. The number of likely N-dealkylation sites (tertiary alicyclic amines) is 1. The van der Waals surface area contributed by atoms with Gasteiger partial charge < -0.3 is 15.0 Å². The van der Waals surface area contributed by atoms with Gasteiger partial charge in [-0.25, -0.2) is 0 Å². The van der Waals surface area contributed by atoms with Gasteiger partial charge >= 0.3 is 0 Å². The molecule has 4 rings (SSSR count). The first-order chi connectivity index (χ1) is 13.7. The van der Waals surface area contributed by atoms with Gasteiger partial charge in [0.25, 0.3) is 0 Å². The number of hydrogen-bond donors (Lipinski definition) is 2. The summed E-state index contributed by atoms with van der Waals surface area (Å²) in [4.78, 5) is 14.6. The molecule has 1 saturated heterocycles. The molecule has 1 saturated carbocycles. The van der Waals surface area contributed by atoms with Gasteiger partial charge in [-0.05, 0) is 88.3 Å². The minimum absolute atomic E-state index is 0.0370. The second kappa shape index (κ2) is 8.78. The molecule has 1 aliphatic carbocycles. The average molecular weight is 383 g/mol. The molecule has 6 heteroatoms. The Bertz CT molecular complexity index is 807. The third kappa shape index (κ3) is 5.13. The molecule has 28 heavy (non-hydrogen) atoms. The molecule has 0 spiro atoms. The van der Waals surface area contributed by atoms with Crippen molar-refractivity contribution < 1.29 is 9.53 Å². The van der Waals surface area contributed by atoms with Gasteiger partial charge in [-0.1, -0.05) is 0 Å². The third-order valence-electron chi connectivity index (χ3n) is 5.59. The highest BCUT2D eigenvalue weighted by Gasteiger charge is 2.22. The molecule has 2 aliphatic rings. The van der Waals surface area contributed by atoms with Crippen molar-refractivity contribution in [2.45, 2.75) is 45.4 Å². The van der Waals surface area contributed by atoms with E-state index in [-0.39, 0.29) is 5.91 Å². The van der Waals surface area contributed by atoms with E-state index in [1.165, 1.54) is 38.8 Å². The average Bonchev–Trinajstić information content (AvgIpc) is 3.15. The number of H-pyrrole nitrogens is 1. The van der Waals surface area contributed by atoms with Crippen LogP contribution in [-0.2, 0) is 4.79 Å². The van der Waals surface area contributed by atoms with E-state index in [4.69, 9.17) is 4.74 Å². The van der Waals surface area contributed by atoms with E-state index >= 15 is 0 Å². The Hall–Kier alpha value is -2.34. The molecule has 0 radical (unpaired) electrons. The Morgan fingerprint density at radius 1 is 1.29 bits per heavy atom. The molecular formula is C22H30N4O2. The fourth-order valence-corrected chi connectivity index (χ4v) is 3.72. The van der Waals surface area contributed by atoms with Crippen molar-refractivity contribution in [3.8, 4) is 17.0 Å². The maximum absolute atomic E-state index is 12.2. The number of nitrogens with zero attached hydrogens (tertiary/aromatic N) is 2. The highest BCUT2D eigenvalue weighted by Crippen LogP contribution is 2.31. The molecule has 2 aromatic rings. The second-order valence-electron chi connectivity index (χ2n) is 8.10. The number of carbonyl (C=O) groups is 1. The van der Waals surface area contributed by atoms with Crippen LogP contribution in [0, 0.1) is 12.8 Å². The van der Waals surface area contributed by atoms with Crippen molar-refractivity contribution >= 4 is 11.7 Å². The Kier molecular flexibility index (Phi) is 5.95. The van der Waals surface area contributed by atoms with Crippen LogP contribution in [0.25, 0.3) is 11.3 Å². The molecule has 2 N–H and O–H groups in total. The SMILES string of the molecule is Cc1cc(OCC2CC2)ccc1-c1cc(NC(=O)CCCN2CCCC2)[nH]n1. The fourth-order valence-electron chi connectivity index (χ4n) is 3.72. The first-order valence-corrected chi connectivity index (χ1v) is 10.5. The van der Waals surface area contributed by atoms with Gasteiger partial charge in [0.2, 0.25) is 5.91 Å². The Labute approximate surface area is 166 Å². The topological polar surface area (TPSA) is 70.2 Å². The molecule has 2 heterocycles. The Morgan fingerprint density at radius 3 is 2.86 bits per heavy atom. The molecule has 0 bridgehead atoms. The molecule has 1 aromatic carbocycles. The second-order valence-corrected chi connectivity index (χ2v) is 8.10. The van der Waals surface area contributed by atoms with Gasteiger partial charge in [0.15, 0.2) is 0 Å². The Morgan fingerprint density at radius 2 is 2.11 bits per heavy atom. The number of ether oxygens (including phenoxy) is 1. The van der Waals surface area contributed by atoms with Gasteiger partial charge in [-0.3, -0.25) is 9.89 Å². The maximum Gasteiger partial charge on any atom is 0.225 e. The highest BCUT2D eigenvalue weighted by atomic mass is 16.5. The van der Waals surface area contributed by atoms with E-state index in [2.05, 4.69) is 33.4 Å². The summed E-state index contributed by atoms with van der Waals surface area (Å²) in [5.74, 6) is 2.34. The Balaban J connectivity index is 1.28. The van der Waals surface area contributed by atoms with Gasteiger partial charge in [0, 0.05) is 18.1 Å². The van der Waals surface area contributed by atoms with E-state index in [1.807, 2.05) is 18.2 Å². The summed E-state index contributed by atoms with van der Waals surface area (Å²) < 4.78 is 5.85. The predicted octanol–water partition coefficient (Wildman–Crippen LogP) is 3.99. The summed E-state index contributed by atoms with van der Waals surface area (Å²) in [5.41, 5.74) is 2.99. The molecule has 1 aromatic heterocycles. The predicted molar refractivity (Wildman–Crippen MR) is 111 cm³/mol.